The van der Waals surface area contributed by atoms with Gasteiger partial charge in [0, 0.05) is 173 Å². The van der Waals surface area contributed by atoms with Gasteiger partial charge in [0.1, 0.15) is 0 Å². The molecule has 21 aromatic carbocycles. The van der Waals surface area contributed by atoms with Gasteiger partial charge in [-0.1, -0.05) is 322 Å². The number of hydrogen-bond donors (Lipinski definition) is 0. The van der Waals surface area contributed by atoms with Crippen molar-refractivity contribution in [1.29, 1.82) is 0 Å². The van der Waals surface area contributed by atoms with Crippen molar-refractivity contribution in [2.45, 2.75) is 0 Å². The van der Waals surface area contributed by atoms with Crippen LogP contribution in [0.4, 0.5) is 0 Å². The Bertz CT molecular complexity index is 10800. The quantitative estimate of drug-likeness (QED) is 0.129. The lowest BCUT2D eigenvalue weighted by Crippen LogP contribution is -1.99. The highest BCUT2D eigenvalue weighted by atomic mass is 15.1. The van der Waals surface area contributed by atoms with Crippen LogP contribution in [0.3, 0.4) is 0 Å². The Morgan fingerprint density at radius 3 is 0.551 bits per heavy atom. The molecular formula is C136H87N11. The average Bonchev–Trinajstić information content (AvgIpc) is 1.56. The molecule has 0 aliphatic carbocycles. The molecule has 0 amide bonds. The Labute approximate surface area is 843 Å². The molecule has 686 valence electrons. The predicted octanol–water partition coefficient (Wildman–Crippen LogP) is 35.1. The Hall–Kier alpha value is -19.9. The van der Waals surface area contributed by atoms with Gasteiger partial charge in [-0.2, -0.15) is 0 Å². The van der Waals surface area contributed by atoms with Crippen LogP contribution in [0.2, 0.25) is 0 Å². The van der Waals surface area contributed by atoms with Crippen molar-refractivity contribution in [2.24, 2.45) is 0 Å². The van der Waals surface area contributed by atoms with E-state index in [0.29, 0.717) is 0 Å². The summed E-state index contributed by atoms with van der Waals surface area (Å²) in [5.74, 6) is 0. The first kappa shape index (κ1) is 83.0. The van der Waals surface area contributed by atoms with Crippen molar-refractivity contribution in [3.8, 4) is 73.4 Å². The van der Waals surface area contributed by atoms with Crippen LogP contribution in [0.5, 0.6) is 0 Å². The zero-order valence-corrected chi connectivity index (χ0v) is 79.6. The maximum atomic E-state index is 4.43. The van der Waals surface area contributed by atoms with E-state index in [2.05, 4.69) is 555 Å². The number of aromatic nitrogens is 11. The van der Waals surface area contributed by atoms with E-state index < -0.39 is 0 Å². The molecule has 0 unspecified atom stereocenters. The number of rotatable bonds is 11. The van der Waals surface area contributed by atoms with Gasteiger partial charge in [-0.25, -0.2) is 0 Å². The lowest BCUT2D eigenvalue weighted by Gasteiger charge is -2.14. The van der Waals surface area contributed by atoms with Gasteiger partial charge in [0.25, 0.3) is 0 Å². The molecule has 11 heterocycles. The number of benzene rings is 21. The molecule has 0 saturated carbocycles. The second-order valence-electron chi connectivity index (χ2n) is 38.3. The van der Waals surface area contributed by atoms with Crippen molar-refractivity contribution >= 4 is 196 Å². The zero-order valence-electron chi connectivity index (χ0n) is 79.6. The second-order valence-corrected chi connectivity index (χ2v) is 38.3. The molecule has 0 spiro atoms. The summed E-state index contributed by atoms with van der Waals surface area (Å²) in [4.78, 5) is 8.84. The van der Waals surface area contributed by atoms with Crippen LogP contribution in [0.25, 0.3) is 270 Å². The largest absolute Gasteiger partial charge is 0.309 e. The molecule has 147 heavy (non-hydrogen) atoms. The summed E-state index contributed by atoms with van der Waals surface area (Å²) < 4.78 is 21.8. The molecule has 0 aliphatic heterocycles. The fourth-order valence-corrected chi connectivity index (χ4v) is 24.2. The Balaban J connectivity index is 0.000000102. The first-order valence-corrected chi connectivity index (χ1v) is 50.2. The molecular weight excluding hydrogens is 1790 g/mol. The summed E-state index contributed by atoms with van der Waals surface area (Å²) >= 11 is 0. The van der Waals surface area contributed by atoms with Gasteiger partial charge < -0.3 is 41.1 Å². The van der Waals surface area contributed by atoms with Crippen LogP contribution in [0.1, 0.15) is 0 Å². The average molecular weight is 1880 g/mol. The van der Waals surface area contributed by atoms with Gasteiger partial charge in [-0.15, -0.1) is 0 Å². The molecule has 32 rings (SSSR count). The number of fused-ring (bicyclic) bond motifs is 30. The smallest absolute Gasteiger partial charge is 0.0788 e. The molecule has 11 heteroatoms. The summed E-state index contributed by atoms with van der Waals surface area (Å²) in [6, 6.07) is 182. The van der Waals surface area contributed by atoms with E-state index in [9.17, 15) is 0 Å². The second kappa shape index (κ2) is 33.4. The maximum absolute atomic E-state index is 4.43. The maximum Gasteiger partial charge on any atom is 0.0788 e. The van der Waals surface area contributed by atoms with Gasteiger partial charge in [0.15, 0.2) is 0 Å². The summed E-state index contributed by atoms with van der Waals surface area (Å²) in [7, 11) is 0. The first-order chi connectivity index (χ1) is 73.0. The molecule has 0 saturated heterocycles. The van der Waals surface area contributed by atoms with Crippen molar-refractivity contribution in [3.63, 3.8) is 0 Å². The van der Waals surface area contributed by atoms with Gasteiger partial charge in [0.05, 0.1) is 99.3 Å². The number of hydrogen-bond acceptors (Lipinski definition) is 2. The summed E-state index contributed by atoms with van der Waals surface area (Å²) in [6.45, 7) is 0. The van der Waals surface area contributed by atoms with E-state index >= 15 is 0 Å². The fourth-order valence-electron chi connectivity index (χ4n) is 24.2. The number of para-hydroxylation sites is 13. The molecule has 11 aromatic heterocycles. The van der Waals surface area contributed by atoms with Crippen molar-refractivity contribution < 1.29 is 0 Å². The molecule has 11 nitrogen and oxygen atoms in total. The Kier molecular flexibility index (Phi) is 18.9. The minimum absolute atomic E-state index is 1.13. The van der Waals surface area contributed by atoms with Gasteiger partial charge >= 0.3 is 0 Å². The third kappa shape index (κ3) is 12.8. The fraction of sp³-hybridized carbons (Fsp3) is 0. The zero-order chi connectivity index (χ0) is 96.4. The van der Waals surface area contributed by atoms with Crippen molar-refractivity contribution in [1.82, 2.24) is 51.1 Å². The highest BCUT2D eigenvalue weighted by Crippen LogP contribution is 2.49. The summed E-state index contributed by atoms with van der Waals surface area (Å²) in [5.41, 5.74) is 36.6. The van der Waals surface area contributed by atoms with Gasteiger partial charge in [-0.05, 0) is 204 Å². The minimum atomic E-state index is 1.13. The normalized spacial score (nSPS) is 11.9. The van der Waals surface area contributed by atoms with Crippen LogP contribution in [-0.4, -0.2) is 51.1 Å². The van der Waals surface area contributed by atoms with Crippen LogP contribution in [-0.2, 0) is 0 Å². The van der Waals surface area contributed by atoms with Gasteiger partial charge in [0.2, 0.25) is 0 Å². The first-order valence-electron chi connectivity index (χ1n) is 50.2. The summed E-state index contributed by atoms with van der Waals surface area (Å²) in [6.07, 6.45) is 7.68. The molecule has 32 aromatic rings. The molecule has 0 N–H and O–H groups in total. The highest BCUT2D eigenvalue weighted by Gasteiger charge is 2.28. The lowest BCUT2D eigenvalue weighted by molar-refractivity contribution is 1.13. The van der Waals surface area contributed by atoms with Crippen molar-refractivity contribution in [3.05, 3.63) is 528 Å². The molecule has 0 fully saturated rings. The van der Waals surface area contributed by atoms with E-state index in [1.807, 2.05) is 24.8 Å². The van der Waals surface area contributed by atoms with E-state index in [0.717, 1.165) is 67.6 Å². The third-order valence-electron chi connectivity index (χ3n) is 30.5. The predicted molar refractivity (Wildman–Crippen MR) is 615 cm³/mol. The molecule has 0 bridgehead atoms. The van der Waals surface area contributed by atoms with Crippen LogP contribution in [0.15, 0.2) is 528 Å². The number of pyridine rings is 2. The van der Waals surface area contributed by atoms with Crippen molar-refractivity contribution in [2.75, 3.05) is 0 Å². The molecule has 0 atom stereocenters. The van der Waals surface area contributed by atoms with Gasteiger partial charge in [-0.3, -0.25) is 9.97 Å². The lowest BCUT2D eigenvalue weighted by atomic mass is 10.0. The highest BCUT2D eigenvalue weighted by molar-refractivity contribution is 6.28. The Morgan fingerprint density at radius 1 is 0.109 bits per heavy atom. The SMILES string of the molecule is c1ccc(-n2c3ccccc3c3ccc4c5ccccc5n(-c5ccc(-c6ccc(-n7c8ccccc8c8cnccc87)cc6)cc5)c4c32)cc1.c1ccc(-n2c3ccccc3c3ccc4c5ccccc5n(-c5ccc(-n6c7ccccc7c7cnccc76)cc5)c4c32)cc1.c1ccc(-n2c3ccccc3c3ccc4c5ccccc5n(-c5cccc(-c6cccc(-n7c8ccccc8c8ccccc87)c6)c5)c4c32)cc1. The van der Waals surface area contributed by atoms with E-state index in [1.165, 1.54) is 202 Å². The van der Waals surface area contributed by atoms with E-state index in [1.54, 1.807) is 0 Å². The topological polar surface area (TPSA) is 70.2 Å². The standard InChI is InChI=1S/C48H31N3.C47H30N4.C41H26N4/c1-2-16-34(17-3-1)50-45-26-10-6-22-39(45)41-28-29-42-40-23-7-11-27-46(40)51(48(42)47(41)50)36-19-13-15-33(31-36)32-14-12-18-35(30-32)49-43-24-8-4-20-37(43)38-21-5-9-25-44(38)49;1-2-10-33(11-3-1)50-43-16-8-4-12-36(43)39-26-27-40-37-13-5-9-17-44(37)51(47(40)46(39)50)35-24-20-32(21-25-35)31-18-22-34(23-19-31)49-42-15-7-6-14-38(42)41-30-48-29-28-45(41)49;1-2-10-27(11-3-1)44-37-16-8-4-12-30(37)33-22-23-34-31-13-5-9-17-38(31)45(41(34)40(33)44)29-20-18-28(19-21-29)43-36-15-7-6-14-32(36)35-26-42-25-24-39(35)43/h1-31H;1-30H;1-26H. The summed E-state index contributed by atoms with van der Waals surface area (Å²) in [5, 5.41) is 22.3. The molecule has 0 aliphatic rings. The minimum Gasteiger partial charge on any atom is -0.309 e. The van der Waals surface area contributed by atoms with Crippen LogP contribution in [0, 0.1) is 0 Å². The number of nitrogens with zero attached hydrogens (tertiary/aromatic N) is 11. The molecule has 0 radical (unpaired) electrons. The third-order valence-corrected chi connectivity index (χ3v) is 30.5. The van der Waals surface area contributed by atoms with E-state index in [-0.39, 0.29) is 0 Å². The monoisotopic (exact) mass is 1870 g/mol. The van der Waals surface area contributed by atoms with E-state index in [4.69, 9.17) is 0 Å². The van der Waals surface area contributed by atoms with Crippen LogP contribution >= 0.6 is 0 Å². The Morgan fingerprint density at radius 2 is 0.286 bits per heavy atom. The van der Waals surface area contributed by atoms with Crippen LogP contribution < -0.4 is 0 Å².